The highest BCUT2D eigenvalue weighted by Gasteiger charge is 2.55. The molecular formula is C13H17FN2O4. The second kappa shape index (κ2) is 4.73. The first kappa shape index (κ1) is 13.9. The van der Waals surface area contributed by atoms with Crippen molar-refractivity contribution >= 4 is 0 Å². The summed E-state index contributed by atoms with van der Waals surface area (Å²) in [5.41, 5.74) is 0.825. The van der Waals surface area contributed by atoms with Crippen molar-refractivity contribution in [1.82, 2.24) is 10.2 Å². The van der Waals surface area contributed by atoms with Gasteiger partial charge in [-0.25, -0.2) is 9.29 Å². The average molecular weight is 284 g/mol. The number of benzene rings is 1. The second-order valence-corrected chi connectivity index (χ2v) is 5.23. The summed E-state index contributed by atoms with van der Waals surface area (Å²) in [6.07, 6.45) is -5.54. The number of aliphatic hydroxyl groups is 4. The zero-order valence-electron chi connectivity index (χ0n) is 10.6. The van der Waals surface area contributed by atoms with Crippen LogP contribution in [-0.4, -0.2) is 43.6 Å². The van der Waals surface area contributed by atoms with E-state index in [9.17, 15) is 20.4 Å². The molecule has 0 bridgehead atoms. The number of fused-ring (bicyclic) bond motifs is 1. The molecule has 0 amide bonds. The Morgan fingerprint density at radius 1 is 1.10 bits per heavy atom. The third kappa shape index (κ3) is 1.86. The number of nitrogens with one attached hydrogen (secondary N) is 1. The molecule has 2 aliphatic rings. The number of aliphatic hydroxyl groups excluding tert-OH is 4. The average Bonchev–Trinajstić information content (AvgIpc) is 2.68. The van der Waals surface area contributed by atoms with E-state index in [4.69, 9.17) is 0 Å². The molecule has 1 saturated heterocycles. The Morgan fingerprint density at radius 2 is 1.65 bits per heavy atom. The van der Waals surface area contributed by atoms with E-state index in [1.807, 2.05) is 0 Å². The Kier molecular flexibility index (Phi) is 3.28. The molecule has 0 saturated carbocycles. The van der Waals surface area contributed by atoms with E-state index in [1.54, 1.807) is 24.3 Å². The van der Waals surface area contributed by atoms with Crippen LogP contribution in [-0.2, 0) is 0 Å². The lowest BCUT2D eigenvalue weighted by molar-refractivity contribution is -0.257. The molecular weight excluding hydrogens is 267 g/mol. The normalized spacial score (nSPS) is 41.6. The summed E-state index contributed by atoms with van der Waals surface area (Å²) in [5, 5.41) is 42.0. The van der Waals surface area contributed by atoms with Crippen molar-refractivity contribution in [2.24, 2.45) is 0 Å². The first-order valence-electron chi connectivity index (χ1n) is 6.49. The van der Waals surface area contributed by atoms with Crippen LogP contribution in [0.25, 0.3) is 0 Å². The summed E-state index contributed by atoms with van der Waals surface area (Å²) < 4.78 is 15.1. The molecule has 5 atom stereocenters. The van der Waals surface area contributed by atoms with Crippen LogP contribution in [0.2, 0.25) is 0 Å². The quantitative estimate of drug-likeness (QED) is 0.453. The fourth-order valence-corrected chi connectivity index (χ4v) is 2.96. The van der Waals surface area contributed by atoms with Crippen molar-refractivity contribution in [1.29, 1.82) is 0 Å². The number of hydrogen-bond acceptors (Lipinski definition) is 6. The lowest BCUT2D eigenvalue weighted by atomic mass is 9.99. The fraction of sp³-hybridized carbons (Fsp3) is 0.538. The zero-order chi connectivity index (χ0) is 14.5. The first-order valence-corrected chi connectivity index (χ1v) is 6.49. The topological polar surface area (TPSA) is 96.2 Å². The highest BCUT2D eigenvalue weighted by Crippen LogP contribution is 2.47. The standard InChI is InChI=1S/C13H17FN2O4/c14-13(6-5-9(17)15-12(13)20)16-10(18)7-3-1-2-4-8(7)11(16)19/h1-4,9-12,15,17-20H,5-6H2. The molecule has 0 aromatic heterocycles. The predicted octanol–water partition coefficient (Wildman–Crippen LogP) is -0.330. The maximum Gasteiger partial charge on any atom is 0.208 e. The molecule has 6 nitrogen and oxygen atoms in total. The zero-order valence-corrected chi connectivity index (χ0v) is 10.6. The molecule has 20 heavy (non-hydrogen) atoms. The van der Waals surface area contributed by atoms with Crippen molar-refractivity contribution in [2.45, 2.75) is 43.5 Å². The Bertz CT molecular complexity index is 488. The van der Waals surface area contributed by atoms with E-state index in [2.05, 4.69) is 5.32 Å². The Labute approximate surface area is 115 Å². The number of alkyl halides is 1. The van der Waals surface area contributed by atoms with Gasteiger partial charge in [0.1, 0.15) is 18.7 Å². The molecule has 110 valence electrons. The maximum absolute atomic E-state index is 15.1. The Morgan fingerprint density at radius 3 is 2.15 bits per heavy atom. The number of halogens is 1. The van der Waals surface area contributed by atoms with Gasteiger partial charge in [0.05, 0.1) is 0 Å². The van der Waals surface area contributed by atoms with Crippen molar-refractivity contribution in [3.8, 4) is 0 Å². The number of hydrogen-bond donors (Lipinski definition) is 5. The summed E-state index contributed by atoms with van der Waals surface area (Å²) in [6.45, 7) is 0. The van der Waals surface area contributed by atoms with Gasteiger partial charge in [0.2, 0.25) is 5.79 Å². The fourth-order valence-electron chi connectivity index (χ4n) is 2.96. The van der Waals surface area contributed by atoms with Gasteiger partial charge in [0, 0.05) is 17.5 Å². The van der Waals surface area contributed by atoms with Crippen molar-refractivity contribution in [2.75, 3.05) is 0 Å². The van der Waals surface area contributed by atoms with Crippen molar-refractivity contribution < 1.29 is 24.8 Å². The number of nitrogens with zero attached hydrogens (tertiary/aromatic N) is 1. The van der Waals surface area contributed by atoms with Gasteiger partial charge >= 0.3 is 0 Å². The summed E-state index contributed by atoms with van der Waals surface area (Å²) in [4.78, 5) is 0.835. The molecule has 1 fully saturated rings. The number of piperidine rings is 1. The van der Waals surface area contributed by atoms with E-state index in [1.165, 1.54) is 0 Å². The monoisotopic (exact) mass is 284 g/mol. The first-order chi connectivity index (χ1) is 9.45. The van der Waals surface area contributed by atoms with Gasteiger partial charge in [-0.15, -0.1) is 0 Å². The molecule has 0 aliphatic carbocycles. The van der Waals surface area contributed by atoms with Gasteiger partial charge in [-0.1, -0.05) is 24.3 Å². The van der Waals surface area contributed by atoms with Crippen LogP contribution in [0, 0.1) is 0 Å². The van der Waals surface area contributed by atoms with E-state index < -0.39 is 30.7 Å². The molecule has 2 heterocycles. The minimum atomic E-state index is -2.36. The second-order valence-electron chi connectivity index (χ2n) is 5.23. The molecule has 5 unspecified atom stereocenters. The van der Waals surface area contributed by atoms with Crippen LogP contribution >= 0.6 is 0 Å². The molecule has 3 rings (SSSR count). The van der Waals surface area contributed by atoms with Gasteiger partial charge in [-0.2, -0.15) is 0 Å². The van der Waals surface area contributed by atoms with Crippen LogP contribution in [0.4, 0.5) is 4.39 Å². The molecule has 0 radical (unpaired) electrons. The van der Waals surface area contributed by atoms with Crippen LogP contribution < -0.4 is 5.32 Å². The predicted molar refractivity (Wildman–Crippen MR) is 66.4 cm³/mol. The molecule has 5 N–H and O–H groups in total. The third-order valence-electron chi connectivity index (χ3n) is 4.05. The van der Waals surface area contributed by atoms with E-state index >= 15 is 4.39 Å². The highest BCUT2D eigenvalue weighted by atomic mass is 19.1. The van der Waals surface area contributed by atoms with E-state index in [-0.39, 0.29) is 12.8 Å². The molecule has 0 spiro atoms. The van der Waals surface area contributed by atoms with E-state index in [0.29, 0.717) is 11.1 Å². The van der Waals surface area contributed by atoms with Crippen LogP contribution in [0.5, 0.6) is 0 Å². The largest absolute Gasteiger partial charge is 0.379 e. The SMILES string of the molecule is OC1CCC(F)(N2C(O)c3ccccc3C2O)C(O)N1. The van der Waals surface area contributed by atoms with Crippen molar-refractivity contribution in [3.63, 3.8) is 0 Å². The third-order valence-corrected chi connectivity index (χ3v) is 4.05. The lowest BCUT2D eigenvalue weighted by Gasteiger charge is -2.45. The van der Waals surface area contributed by atoms with Crippen LogP contribution in [0.3, 0.4) is 0 Å². The van der Waals surface area contributed by atoms with Gasteiger partial charge in [0.25, 0.3) is 0 Å². The minimum Gasteiger partial charge on any atom is -0.379 e. The van der Waals surface area contributed by atoms with E-state index in [0.717, 1.165) is 4.90 Å². The molecule has 1 aromatic carbocycles. The lowest BCUT2D eigenvalue weighted by Crippen LogP contribution is -2.64. The minimum absolute atomic E-state index is 0.0693. The van der Waals surface area contributed by atoms with Crippen LogP contribution in [0.15, 0.2) is 24.3 Å². The van der Waals surface area contributed by atoms with Gasteiger partial charge in [-0.05, 0) is 6.42 Å². The van der Waals surface area contributed by atoms with Gasteiger partial charge in [-0.3, -0.25) is 5.32 Å². The van der Waals surface area contributed by atoms with Gasteiger partial charge in [0.15, 0.2) is 6.23 Å². The van der Waals surface area contributed by atoms with Crippen molar-refractivity contribution in [3.05, 3.63) is 35.4 Å². The molecule has 2 aliphatic heterocycles. The van der Waals surface area contributed by atoms with Gasteiger partial charge < -0.3 is 20.4 Å². The summed E-state index contributed by atoms with van der Waals surface area (Å²) in [7, 11) is 0. The highest BCUT2D eigenvalue weighted by molar-refractivity contribution is 5.35. The number of rotatable bonds is 1. The Hall–Kier alpha value is -1.09. The summed E-state index contributed by atoms with van der Waals surface area (Å²) >= 11 is 0. The Balaban J connectivity index is 1.96. The molecule has 7 heteroatoms. The summed E-state index contributed by atoms with van der Waals surface area (Å²) in [6, 6.07) is 6.57. The maximum atomic E-state index is 15.1. The van der Waals surface area contributed by atoms with Crippen LogP contribution in [0.1, 0.15) is 36.4 Å². The summed E-state index contributed by atoms with van der Waals surface area (Å²) in [5.74, 6) is -2.36. The smallest absolute Gasteiger partial charge is 0.208 e. The molecule has 1 aromatic rings.